The van der Waals surface area contributed by atoms with Crippen LogP contribution >= 0.6 is 0 Å². The maximum Gasteiger partial charge on any atom is 0.322 e. The SMILES string of the molecule is CC[C@H](N)C(=O)Nc1nnc(C2CC2)o1. The van der Waals surface area contributed by atoms with Gasteiger partial charge in [0.25, 0.3) is 0 Å². The first-order valence-corrected chi connectivity index (χ1v) is 5.10. The smallest absolute Gasteiger partial charge is 0.322 e. The highest BCUT2D eigenvalue weighted by Crippen LogP contribution is 2.39. The quantitative estimate of drug-likeness (QED) is 0.759. The number of rotatable bonds is 4. The molecule has 1 aliphatic rings. The second-order valence-corrected chi connectivity index (χ2v) is 3.72. The van der Waals surface area contributed by atoms with Crippen molar-refractivity contribution in [3.63, 3.8) is 0 Å². The minimum Gasteiger partial charge on any atom is -0.408 e. The van der Waals surface area contributed by atoms with Crippen LogP contribution in [0.2, 0.25) is 0 Å². The standard InChI is InChI=1S/C9H14N4O2/c1-2-6(10)7(14)11-9-13-12-8(15-9)5-3-4-5/h5-6H,2-4,10H2,1H3,(H,11,13,14)/t6-/m0/s1. The van der Waals surface area contributed by atoms with Crippen molar-refractivity contribution in [3.05, 3.63) is 5.89 Å². The molecule has 6 heteroatoms. The molecule has 1 saturated carbocycles. The first-order valence-electron chi connectivity index (χ1n) is 5.10. The number of anilines is 1. The maximum atomic E-state index is 11.4. The number of nitrogens with one attached hydrogen (secondary N) is 1. The Morgan fingerprint density at radius 3 is 3.00 bits per heavy atom. The number of carbonyl (C=O) groups excluding carboxylic acids is 1. The van der Waals surface area contributed by atoms with Crippen molar-refractivity contribution in [3.8, 4) is 0 Å². The Bertz CT molecular complexity index is 359. The van der Waals surface area contributed by atoms with Crippen molar-refractivity contribution in [2.75, 3.05) is 5.32 Å². The van der Waals surface area contributed by atoms with Crippen molar-refractivity contribution >= 4 is 11.9 Å². The highest BCUT2D eigenvalue weighted by molar-refractivity contribution is 5.92. The first-order chi connectivity index (χ1) is 7.20. The molecule has 1 aromatic heterocycles. The normalized spacial score (nSPS) is 17.5. The van der Waals surface area contributed by atoms with Crippen LogP contribution in [0.25, 0.3) is 0 Å². The van der Waals surface area contributed by atoms with Crippen LogP contribution in [0.4, 0.5) is 6.01 Å². The van der Waals surface area contributed by atoms with Crippen molar-refractivity contribution in [1.82, 2.24) is 10.2 Å². The minimum absolute atomic E-state index is 0.144. The Balaban J connectivity index is 1.95. The largest absolute Gasteiger partial charge is 0.408 e. The predicted molar refractivity (Wildman–Crippen MR) is 53.2 cm³/mol. The molecule has 1 heterocycles. The lowest BCUT2D eigenvalue weighted by Crippen LogP contribution is -2.34. The maximum absolute atomic E-state index is 11.4. The van der Waals surface area contributed by atoms with Gasteiger partial charge in [-0.05, 0) is 19.3 Å². The van der Waals surface area contributed by atoms with E-state index in [0.717, 1.165) is 12.8 Å². The van der Waals surface area contributed by atoms with Gasteiger partial charge in [0.1, 0.15) is 0 Å². The van der Waals surface area contributed by atoms with Gasteiger partial charge in [0, 0.05) is 5.92 Å². The first kappa shape index (κ1) is 10.1. The molecule has 0 saturated heterocycles. The van der Waals surface area contributed by atoms with Gasteiger partial charge in [-0.2, -0.15) is 0 Å². The summed E-state index contributed by atoms with van der Waals surface area (Å²) in [5.41, 5.74) is 5.54. The monoisotopic (exact) mass is 210 g/mol. The number of carbonyl (C=O) groups is 1. The van der Waals surface area contributed by atoms with Crippen LogP contribution in [0.5, 0.6) is 0 Å². The van der Waals surface area contributed by atoms with E-state index in [9.17, 15) is 4.79 Å². The Morgan fingerprint density at radius 1 is 1.67 bits per heavy atom. The number of amides is 1. The molecule has 2 rings (SSSR count). The summed E-state index contributed by atoms with van der Waals surface area (Å²) in [5.74, 6) is 0.710. The molecular weight excluding hydrogens is 196 g/mol. The molecule has 0 aromatic carbocycles. The van der Waals surface area contributed by atoms with Gasteiger partial charge in [-0.3, -0.25) is 10.1 Å². The van der Waals surface area contributed by atoms with E-state index in [1.165, 1.54) is 0 Å². The minimum atomic E-state index is -0.527. The van der Waals surface area contributed by atoms with Crippen LogP contribution in [0.3, 0.4) is 0 Å². The van der Waals surface area contributed by atoms with Gasteiger partial charge in [-0.1, -0.05) is 12.0 Å². The third-order valence-corrected chi connectivity index (χ3v) is 2.37. The van der Waals surface area contributed by atoms with E-state index in [0.29, 0.717) is 18.2 Å². The molecule has 0 unspecified atom stereocenters. The third-order valence-electron chi connectivity index (χ3n) is 2.37. The summed E-state index contributed by atoms with van der Waals surface area (Å²) in [6.45, 7) is 1.84. The fourth-order valence-corrected chi connectivity index (χ4v) is 1.16. The number of hydrogen-bond acceptors (Lipinski definition) is 5. The van der Waals surface area contributed by atoms with Crippen molar-refractivity contribution in [1.29, 1.82) is 0 Å². The molecule has 0 bridgehead atoms. The molecule has 15 heavy (non-hydrogen) atoms. The van der Waals surface area contributed by atoms with E-state index in [2.05, 4.69) is 15.5 Å². The summed E-state index contributed by atoms with van der Waals surface area (Å²) in [6.07, 6.45) is 2.75. The van der Waals surface area contributed by atoms with Gasteiger partial charge in [-0.25, -0.2) is 0 Å². The van der Waals surface area contributed by atoms with Gasteiger partial charge in [0.15, 0.2) is 0 Å². The Hall–Kier alpha value is -1.43. The summed E-state index contributed by atoms with van der Waals surface area (Å²) in [6, 6.07) is -0.382. The Kier molecular flexibility index (Phi) is 2.68. The van der Waals surface area contributed by atoms with Crippen molar-refractivity contribution < 1.29 is 9.21 Å². The second kappa shape index (κ2) is 3.98. The van der Waals surface area contributed by atoms with Gasteiger partial charge < -0.3 is 10.2 Å². The molecular formula is C9H14N4O2. The lowest BCUT2D eigenvalue weighted by atomic mass is 10.2. The molecule has 6 nitrogen and oxygen atoms in total. The number of hydrogen-bond donors (Lipinski definition) is 2. The Labute approximate surface area is 87.2 Å². The van der Waals surface area contributed by atoms with E-state index in [4.69, 9.17) is 10.2 Å². The third kappa shape index (κ3) is 2.33. The number of nitrogens with two attached hydrogens (primary N) is 1. The van der Waals surface area contributed by atoms with E-state index in [1.807, 2.05) is 6.92 Å². The van der Waals surface area contributed by atoms with Crippen LogP contribution in [0.15, 0.2) is 4.42 Å². The van der Waals surface area contributed by atoms with Crippen LogP contribution in [0.1, 0.15) is 38.0 Å². The van der Waals surface area contributed by atoms with E-state index < -0.39 is 6.04 Å². The lowest BCUT2D eigenvalue weighted by Gasteiger charge is -2.05. The van der Waals surface area contributed by atoms with Gasteiger partial charge in [0.05, 0.1) is 6.04 Å². The zero-order valence-electron chi connectivity index (χ0n) is 8.56. The predicted octanol–water partition coefficient (Wildman–Crippen LogP) is 0.623. The summed E-state index contributed by atoms with van der Waals surface area (Å²) in [5, 5.41) is 10.1. The number of nitrogens with zero attached hydrogens (tertiary/aromatic N) is 2. The molecule has 1 aliphatic carbocycles. The Morgan fingerprint density at radius 2 is 2.40 bits per heavy atom. The summed E-state index contributed by atoms with van der Waals surface area (Å²) in [7, 11) is 0. The molecule has 0 radical (unpaired) electrons. The topological polar surface area (TPSA) is 94.0 Å². The van der Waals surface area contributed by atoms with Gasteiger partial charge in [-0.15, -0.1) is 5.10 Å². The summed E-state index contributed by atoms with van der Waals surface area (Å²) in [4.78, 5) is 11.4. The van der Waals surface area contributed by atoms with Crippen molar-refractivity contribution in [2.24, 2.45) is 5.73 Å². The molecule has 1 aromatic rings. The molecule has 0 spiro atoms. The molecule has 1 atom stereocenters. The number of aromatic nitrogens is 2. The van der Waals surface area contributed by atoms with E-state index in [1.54, 1.807) is 0 Å². The molecule has 3 N–H and O–H groups in total. The van der Waals surface area contributed by atoms with E-state index in [-0.39, 0.29) is 11.9 Å². The average Bonchev–Trinajstić information content (AvgIpc) is 2.99. The van der Waals surface area contributed by atoms with Gasteiger partial charge >= 0.3 is 6.01 Å². The molecule has 1 fully saturated rings. The van der Waals surface area contributed by atoms with Crippen LogP contribution in [-0.4, -0.2) is 22.1 Å². The summed E-state index contributed by atoms with van der Waals surface area (Å²) >= 11 is 0. The zero-order chi connectivity index (χ0) is 10.8. The van der Waals surface area contributed by atoms with Crippen LogP contribution in [0, 0.1) is 0 Å². The van der Waals surface area contributed by atoms with Crippen LogP contribution in [-0.2, 0) is 4.79 Å². The fourth-order valence-electron chi connectivity index (χ4n) is 1.16. The molecule has 0 aliphatic heterocycles. The fraction of sp³-hybridized carbons (Fsp3) is 0.667. The molecule has 1 amide bonds. The van der Waals surface area contributed by atoms with Crippen LogP contribution < -0.4 is 11.1 Å². The van der Waals surface area contributed by atoms with Crippen molar-refractivity contribution in [2.45, 2.75) is 38.1 Å². The summed E-state index contributed by atoms with van der Waals surface area (Å²) < 4.78 is 5.26. The lowest BCUT2D eigenvalue weighted by molar-refractivity contribution is -0.117. The molecule has 82 valence electrons. The van der Waals surface area contributed by atoms with Gasteiger partial charge in [0.2, 0.25) is 11.8 Å². The second-order valence-electron chi connectivity index (χ2n) is 3.72. The zero-order valence-corrected chi connectivity index (χ0v) is 8.56. The van der Waals surface area contributed by atoms with E-state index >= 15 is 0 Å². The highest BCUT2D eigenvalue weighted by Gasteiger charge is 2.29. The highest BCUT2D eigenvalue weighted by atomic mass is 16.4. The average molecular weight is 210 g/mol.